The molecule has 1 saturated carbocycles. The molecule has 1 aromatic heterocycles. The average Bonchev–Trinajstić information content (AvgIpc) is 3.29. The highest BCUT2D eigenvalue weighted by Gasteiger charge is 2.40. The first-order chi connectivity index (χ1) is 11.3. The molecule has 1 aliphatic carbocycles. The Morgan fingerprint density at radius 1 is 1.33 bits per heavy atom. The molecule has 7 nitrogen and oxygen atoms in total. The van der Waals surface area contributed by atoms with Crippen molar-refractivity contribution in [1.29, 1.82) is 0 Å². The van der Waals surface area contributed by atoms with Gasteiger partial charge in [-0.15, -0.1) is 0 Å². The lowest BCUT2D eigenvalue weighted by atomic mass is 10.2. The minimum Gasteiger partial charge on any atom is -0.359 e. The monoisotopic (exact) mass is 371 g/mol. The first-order valence-electron chi connectivity index (χ1n) is 7.71. The van der Waals surface area contributed by atoms with E-state index < -0.39 is 0 Å². The Hall–Kier alpha value is -1.57. The van der Waals surface area contributed by atoms with Gasteiger partial charge in [0.25, 0.3) is 5.70 Å². The van der Waals surface area contributed by atoms with Crippen LogP contribution in [0.25, 0.3) is 0 Å². The highest BCUT2D eigenvalue weighted by atomic mass is 35.5. The number of aromatic nitrogens is 1. The summed E-state index contributed by atoms with van der Waals surface area (Å²) in [5, 5.41) is 12.2. The predicted molar refractivity (Wildman–Crippen MR) is 92.1 cm³/mol. The number of halogens is 2. The van der Waals surface area contributed by atoms with Crippen molar-refractivity contribution in [1.82, 2.24) is 19.7 Å². The van der Waals surface area contributed by atoms with Crippen molar-refractivity contribution >= 4 is 23.2 Å². The molecule has 0 N–H and O–H groups in total. The van der Waals surface area contributed by atoms with Gasteiger partial charge in [0.05, 0.1) is 18.1 Å². The zero-order valence-electron chi connectivity index (χ0n) is 13.6. The van der Waals surface area contributed by atoms with E-state index >= 15 is 0 Å². The number of hydrogen-bond acceptors (Lipinski definition) is 6. The molecule has 9 heteroatoms. The van der Waals surface area contributed by atoms with Crippen LogP contribution in [0.1, 0.15) is 18.4 Å². The lowest BCUT2D eigenvalue weighted by Crippen LogP contribution is -2.48. The van der Waals surface area contributed by atoms with E-state index in [9.17, 15) is 10.1 Å². The molecule has 0 amide bonds. The van der Waals surface area contributed by atoms with Gasteiger partial charge in [0.1, 0.15) is 10.3 Å². The zero-order chi connectivity index (χ0) is 17.4. The topological polar surface area (TPSA) is 65.8 Å². The van der Waals surface area contributed by atoms with Crippen molar-refractivity contribution in [2.75, 3.05) is 27.3 Å². The van der Waals surface area contributed by atoms with E-state index in [0.29, 0.717) is 41.9 Å². The van der Waals surface area contributed by atoms with E-state index in [1.807, 2.05) is 19.0 Å². The number of hydrogen-bond donors (Lipinski definition) is 0. The Balaban J connectivity index is 1.94. The van der Waals surface area contributed by atoms with Crippen molar-refractivity contribution in [3.8, 4) is 0 Å². The molecule has 2 aliphatic rings. The van der Waals surface area contributed by atoms with Gasteiger partial charge in [0, 0.05) is 26.7 Å². The second kappa shape index (κ2) is 6.74. The van der Waals surface area contributed by atoms with E-state index in [4.69, 9.17) is 23.2 Å². The summed E-state index contributed by atoms with van der Waals surface area (Å²) in [5.41, 5.74) is 1.10. The van der Waals surface area contributed by atoms with Crippen LogP contribution in [0.4, 0.5) is 0 Å². The summed E-state index contributed by atoms with van der Waals surface area (Å²) < 4.78 is 0. The van der Waals surface area contributed by atoms with Gasteiger partial charge in [-0.2, -0.15) is 0 Å². The number of nitro groups is 1. The normalized spacial score (nSPS) is 18.9. The molecule has 0 aromatic carbocycles. The van der Waals surface area contributed by atoms with Gasteiger partial charge in [-0.05, 0) is 30.5 Å². The molecule has 130 valence electrons. The molecule has 1 aromatic rings. The van der Waals surface area contributed by atoms with Gasteiger partial charge in [-0.25, -0.2) is 4.98 Å². The lowest BCUT2D eigenvalue weighted by molar-refractivity contribution is -0.433. The first kappa shape index (κ1) is 17.3. The molecule has 2 heterocycles. The Labute approximate surface area is 150 Å². The molecule has 0 spiro atoms. The molecule has 3 rings (SSSR count). The molecule has 1 aliphatic heterocycles. The lowest BCUT2D eigenvalue weighted by Gasteiger charge is -2.39. The number of pyridine rings is 1. The number of rotatable bonds is 5. The second-order valence-corrected chi connectivity index (χ2v) is 7.13. The molecule has 0 bridgehead atoms. The van der Waals surface area contributed by atoms with Crippen molar-refractivity contribution < 1.29 is 4.92 Å². The molecule has 24 heavy (non-hydrogen) atoms. The molecule has 0 atom stereocenters. The quantitative estimate of drug-likeness (QED) is 0.450. The molecule has 0 saturated heterocycles. The molecule has 1 fully saturated rings. The summed E-state index contributed by atoms with van der Waals surface area (Å²) in [6, 6.07) is 3.92. The van der Waals surface area contributed by atoms with Crippen molar-refractivity contribution in [2.24, 2.45) is 0 Å². The Morgan fingerprint density at radius 2 is 1.96 bits per heavy atom. The summed E-state index contributed by atoms with van der Waals surface area (Å²) in [5.74, 6) is 0.626. The van der Waals surface area contributed by atoms with Crippen LogP contribution in [0.5, 0.6) is 0 Å². The maximum Gasteiger partial charge on any atom is 0.300 e. The van der Waals surface area contributed by atoms with Crippen molar-refractivity contribution in [3.63, 3.8) is 0 Å². The van der Waals surface area contributed by atoms with Gasteiger partial charge in [0.15, 0.2) is 5.82 Å². The highest BCUT2D eigenvalue weighted by molar-refractivity contribution is 6.32. The standard InChI is InChI=1S/C15H19Cl2N5O2/c1-19(2)15-12(22(23)24)8-20(11-3-4-11)9-21(15)7-10-5-13(16)18-14(17)6-10/h5-6,11H,3-4,7-9H2,1-2H3. The van der Waals surface area contributed by atoms with Gasteiger partial charge >= 0.3 is 0 Å². The fourth-order valence-corrected chi connectivity index (χ4v) is 3.60. The van der Waals surface area contributed by atoms with E-state index in [0.717, 1.165) is 18.4 Å². The highest BCUT2D eigenvalue weighted by Crippen LogP contribution is 2.33. The third-order valence-corrected chi connectivity index (χ3v) is 4.55. The fraction of sp³-hybridized carbons (Fsp3) is 0.533. The minimum absolute atomic E-state index is 0.226. The van der Waals surface area contributed by atoms with Crippen LogP contribution in [-0.4, -0.2) is 58.0 Å². The van der Waals surface area contributed by atoms with Crippen molar-refractivity contribution in [3.05, 3.63) is 49.6 Å². The summed E-state index contributed by atoms with van der Waals surface area (Å²) in [7, 11) is 3.65. The fourth-order valence-electron chi connectivity index (χ4n) is 3.10. The molecular weight excluding hydrogens is 353 g/mol. The molecule has 0 unspecified atom stereocenters. The predicted octanol–water partition coefficient (Wildman–Crippen LogP) is 2.63. The van der Waals surface area contributed by atoms with Gasteiger partial charge in [-0.3, -0.25) is 15.0 Å². The minimum atomic E-state index is -0.274. The Bertz CT molecular complexity index is 670. The summed E-state index contributed by atoms with van der Waals surface area (Å²) >= 11 is 12.0. The second-order valence-electron chi connectivity index (χ2n) is 6.36. The average molecular weight is 372 g/mol. The summed E-state index contributed by atoms with van der Waals surface area (Å²) in [4.78, 5) is 21.2. The number of nitrogens with zero attached hydrogens (tertiary/aromatic N) is 5. The van der Waals surface area contributed by atoms with E-state index in [1.165, 1.54) is 0 Å². The van der Waals surface area contributed by atoms with Crippen LogP contribution in [-0.2, 0) is 6.54 Å². The van der Waals surface area contributed by atoms with Crippen LogP contribution in [0.15, 0.2) is 23.7 Å². The Kier molecular flexibility index (Phi) is 4.85. The molecule has 0 radical (unpaired) electrons. The van der Waals surface area contributed by atoms with E-state index in [1.54, 1.807) is 17.0 Å². The van der Waals surface area contributed by atoms with E-state index in [-0.39, 0.29) is 10.6 Å². The third-order valence-electron chi connectivity index (χ3n) is 4.17. The first-order valence-corrected chi connectivity index (χ1v) is 8.46. The van der Waals surface area contributed by atoms with Crippen LogP contribution < -0.4 is 0 Å². The third kappa shape index (κ3) is 3.74. The van der Waals surface area contributed by atoms with E-state index in [2.05, 4.69) is 9.88 Å². The molecular formula is C15H19Cl2N5O2. The van der Waals surface area contributed by atoms with Crippen LogP contribution in [0, 0.1) is 10.1 Å². The SMILES string of the molecule is CN(C)C1=C([N+](=O)[O-])CN(C2CC2)CN1Cc1cc(Cl)nc(Cl)c1. The zero-order valence-corrected chi connectivity index (χ0v) is 15.1. The summed E-state index contributed by atoms with van der Waals surface area (Å²) in [6.07, 6.45) is 2.20. The summed E-state index contributed by atoms with van der Waals surface area (Å²) in [6.45, 7) is 1.50. The van der Waals surface area contributed by atoms with Gasteiger partial charge < -0.3 is 9.80 Å². The van der Waals surface area contributed by atoms with Crippen molar-refractivity contribution in [2.45, 2.75) is 25.4 Å². The van der Waals surface area contributed by atoms with Crippen LogP contribution in [0.3, 0.4) is 0 Å². The van der Waals surface area contributed by atoms with Crippen LogP contribution >= 0.6 is 23.2 Å². The maximum atomic E-state index is 11.6. The maximum absolute atomic E-state index is 11.6. The van der Waals surface area contributed by atoms with Gasteiger partial charge in [-0.1, -0.05) is 23.2 Å². The largest absolute Gasteiger partial charge is 0.359 e. The van der Waals surface area contributed by atoms with Gasteiger partial charge in [0.2, 0.25) is 0 Å². The Morgan fingerprint density at radius 3 is 2.46 bits per heavy atom. The smallest absolute Gasteiger partial charge is 0.300 e. The van der Waals surface area contributed by atoms with Crippen LogP contribution in [0.2, 0.25) is 10.3 Å².